The van der Waals surface area contributed by atoms with Gasteiger partial charge in [0, 0.05) is 11.8 Å². The molecule has 0 saturated heterocycles. The smallest absolute Gasteiger partial charge is 0.320 e. The predicted molar refractivity (Wildman–Crippen MR) is 45.8 cm³/mol. The lowest BCUT2D eigenvalue weighted by molar-refractivity contribution is -0.141. The summed E-state index contributed by atoms with van der Waals surface area (Å²) in [6, 6.07) is 0. The van der Waals surface area contributed by atoms with Gasteiger partial charge in [-0.05, 0) is 6.92 Å². The molecule has 14 heavy (non-hydrogen) atoms. The van der Waals surface area contributed by atoms with Gasteiger partial charge in [-0.25, -0.2) is 9.97 Å². The summed E-state index contributed by atoms with van der Waals surface area (Å²) in [6.07, 6.45) is 1.37. The number of carbonyl (C=O) groups excluding carboxylic acids is 1. The third kappa shape index (κ3) is 1.12. The number of fused-ring (bicyclic) bond motifs is 1. The number of aromatic nitrogens is 2. The van der Waals surface area contributed by atoms with Gasteiger partial charge in [0.15, 0.2) is 5.92 Å². The zero-order valence-corrected chi connectivity index (χ0v) is 7.31. The Hall–Kier alpha value is -1.98. The fourth-order valence-electron chi connectivity index (χ4n) is 1.37. The van der Waals surface area contributed by atoms with Crippen molar-refractivity contribution in [3.8, 4) is 0 Å². The lowest BCUT2D eigenvalue weighted by atomic mass is 10.1. The average Bonchev–Trinajstić information content (AvgIpc) is 2.39. The molecule has 0 saturated carbocycles. The minimum absolute atomic E-state index is 0.301. The molecule has 0 radical (unpaired) electrons. The Bertz CT molecular complexity index is 430. The van der Waals surface area contributed by atoms with Crippen molar-refractivity contribution in [2.24, 2.45) is 0 Å². The number of carboxylic acid groups (broad SMARTS) is 1. The summed E-state index contributed by atoms with van der Waals surface area (Å²) in [5, 5.41) is 11.2. The molecule has 0 spiro atoms. The van der Waals surface area contributed by atoms with E-state index >= 15 is 0 Å². The van der Waals surface area contributed by atoms with Gasteiger partial charge in [0.2, 0.25) is 5.91 Å². The molecule has 6 heteroatoms. The third-order valence-electron chi connectivity index (χ3n) is 2.00. The number of hydrogen-bond donors (Lipinski definition) is 2. The van der Waals surface area contributed by atoms with E-state index in [0.717, 1.165) is 0 Å². The van der Waals surface area contributed by atoms with Crippen LogP contribution in [0.3, 0.4) is 0 Å². The Morgan fingerprint density at radius 3 is 3.00 bits per heavy atom. The lowest BCUT2D eigenvalue weighted by Gasteiger charge is -2.00. The Labute approximate surface area is 79.0 Å². The number of nitrogens with one attached hydrogen (secondary N) is 1. The first kappa shape index (κ1) is 8.61. The van der Waals surface area contributed by atoms with Crippen LogP contribution >= 0.6 is 0 Å². The molecule has 2 heterocycles. The first-order valence-corrected chi connectivity index (χ1v) is 3.97. The van der Waals surface area contributed by atoms with Crippen molar-refractivity contribution in [1.82, 2.24) is 9.97 Å². The number of anilines is 1. The zero-order valence-electron chi connectivity index (χ0n) is 7.31. The van der Waals surface area contributed by atoms with E-state index in [1.54, 1.807) is 6.92 Å². The minimum atomic E-state index is -1.19. The van der Waals surface area contributed by atoms with Gasteiger partial charge >= 0.3 is 5.97 Å². The molecule has 2 rings (SSSR count). The fourth-order valence-corrected chi connectivity index (χ4v) is 1.37. The summed E-state index contributed by atoms with van der Waals surface area (Å²) in [6.45, 7) is 1.67. The van der Waals surface area contributed by atoms with Crippen LogP contribution in [0.4, 0.5) is 5.82 Å². The van der Waals surface area contributed by atoms with E-state index in [9.17, 15) is 9.59 Å². The van der Waals surface area contributed by atoms with Gasteiger partial charge < -0.3 is 10.4 Å². The first-order chi connectivity index (χ1) is 6.59. The number of carbonyl (C=O) groups is 2. The second-order valence-electron chi connectivity index (χ2n) is 2.98. The molecule has 0 aliphatic carbocycles. The predicted octanol–water partition coefficient (Wildman–Crippen LogP) is -0.0947. The third-order valence-corrected chi connectivity index (χ3v) is 2.00. The number of aryl methyl sites for hydroxylation is 1. The van der Waals surface area contributed by atoms with Crippen molar-refractivity contribution in [3.05, 3.63) is 17.6 Å². The average molecular weight is 193 g/mol. The van der Waals surface area contributed by atoms with Crippen LogP contribution in [0.2, 0.25) is 0 Å². The Morgan fingerprint density at radius 1 is 1.64 bits per heavy atom. The molecule has 1 atom stereocenters. The Balaban J connectivity index is 2.53. The van der Waals surface area contributed by atoms with Gasteiger partial charge in [-0.15, -0.1) is 0 Å². The SMILES string of the molecule is Cc1ncc2c(n1)NC(=O)C2C(=O)O. The summed E-state index contributed by atoms with van der Waals surface area (Å²) in [4.78, 5) is 29.7. The number of rotatable bonds is 1. The van der Waals surface area contributed by atoms with Gasteiger partial charge in [0.1, 0.15) is 11.6 Å². The molecule has 1 aromatic rings. The highest BCUT2D eigenvalue weighted by Crippen LogP contribution is 2.29. The number of hydrogen-bond acceptors (Lipinski definition) is 4. The number of amides is 1. The van der Waals surface area contributed by atoms with E-state index in [1.807, 2.05) is 0 Å². The van der Waals surface area contributed by atoms with E-state index in [0.29, 0.717) is 17.2 Å². The van der Waals surface area contributed by atoms with Crippen LogP contribution in [0, 0.1) is 6.92 Å². The summed E-state index contributed by atoms with van der Waals surface area (Å²) in [7, 11) is 0. The van der Waals surface area contributed by atoms with Crippen LogP contribution in [0.15, 0.2) is 6.20 Å². The van der Waals surface area contributed by atoms with Crippen LogP contribution in [-0.4, -0.2) is 27.0 Å². The summed E-state index contributed by atoms with van der Waals surface area (Å²) in [5.41, 5.74) is 0.327. The van der Waals surface area contributed by atoms with Crippen LogP contribution in [-0.2, 0) is 9.59 Å². The molecule has 1 aliphatic rings. The maximum Gasteiger partial charge on any atom is 0.320 e. The highest BCUT2D eigenvalue weighted by atomic mass is 16.4. The van der Waals surface area contributed by atoms with Crippen LogP contribution in [0.25, 0.3) is 0 Å². The second-order valence-corrected chi connectivity index (χ2v) is 2.98. The number of aliphatic carboxylic acids is 1. The molecule has 1 unspecified atom stereocenters. The van der Waals surface area contributed by atoms with Crippen LogP contribution in [0.5, 0.6) is 0 Å². The van der Waals surface area contributed by atoms with Crippen molar-refractivity contribution in [2.75, 3.05) is 5.32 Å². The van der Waals surface area contributed by atoms with Crippen molar-refractivity contribution in [1.29, 1.82) is 0 Å². The van der Waals surface area contributed by atoms with Gasteiger partial charge in [-0.3, -0.25) is 9.59 Å². The number of nitrogens with zero attached hydrogens (tertiary/aromatic N) is 2. The molecular formula is C8H7N3O3. The van der Waals surface area contributed by atoms with E-state index in [-0.39, 0.29) is 0 Å². The standard InChI is InChI=1S/C8H7N3O3/c1-3-9-2-4-5(8(13)14)7(12)11-6(4)10-3/h2,5H,1H3,(H,13,14)(H,9,10,11,12). The molecule has 72 valence electrons. The van der Waals surface area contributed by atoms with Gasteiger partial charge in [0.05, 0.1) is 0 Å². The summed E-state index contributed by atoms with van der Waals surface area (Å²) < 4.78 is 0. The van der Waals surface area contributed by atoms with Gasteiger partial charge in [-0.2, -0.15) is 0 Å². The van der Waals surface area contributed by atoms with Crippen LogP contribution < -0.4 is 5.32 Å². The number of carboxylic acids is 1. The monoisotopic (exact) mass is 193 g/mol. The normalized spacial score (nSPS) is 18.9. The largest absolute Gasteiger partial charge is 0.480 e. The second kappa shape index (κ2) is 2.76. The van der Waals surface area contributed by atoms with Gasteiger partial charge in [0.25, 0.3) is 0 Å². The zero-order chi connectivity index (χ0) is 10.3. The summed E-state index contributed by atoms with van der Waals surface area (Å²) in [5.74, 6) is -2.13. The molecule has 0 aromatic carbocycles. The highest BCUT2D eigenvalue weighted by molar-refractivity contribution is 6.13. The van der Waals surface area contributed by atoms with Crippen molar-refractivity contribution < 1.29 is 14.7 Å². The highest BCUT2D eigenvalue weighted by Gasteiger charge is 2.37. The van der Waals surface area contributed by atoms with E-state index in [2.05, 4.69) is 15.3 Å². The van der Waals surface area contributed by atoms with Crippen molar-refractivity contribution in [2.45, 2.75) is 12.8 Å². The minimum Gasteiger partial charge on any atom is -0.480 e. The maximum atomic E-state index is 11.2. The molecule has 1 aliphatic heterocycles. The molecule has 0 bridgehead atoms. The van der Waals surface area contributed by atoms with Crippen LogP contribution in [0.1, 0.15) is 17.3 Å². The van der Waals surface area contributed by atoms with Crippen molar-refractivity contribution >= 4 is 17.7 Å². The van der Waals surface area contributed by atoms with E-state index in [1.165, 1.54) is 6.20 Å². The van der Waals surface area contributed by atoms with Gasteiger partial charge in [-0.1, -0.05) is 0 Å². The van der Waals surface area contributed by atoms with Crippen molar-refractivity contribution in [3.63, 3.8) is 0 Å². The molecule has 1 aromatic heterocycles. The molecule has 0 fully saturated rings. The van der Waals surface area contributed by atoms with E-state index < -0.39 is 17.8 Å². The molecule has 6 nitrogen and oxygen atoms in total. The maximum absolute atomic E-state index is 11.2. The topological polar surface area (TPSA) is 92.2 Å². The lowest BCUT2D eigenvalue weighted by Crippen LogP contribution is -2.20. The van der Waals surface area contributed by atoms with E-state index in [4.69, 9.17) is 5.11 Å². The Morgan fingerprint density at radius 2 is 2.36 bits per heavy atom. The quantitative estimate of drug-likeness (QED) is 0.608. The Kier molecular flexibility index (Phi) is 1.70. The summed E-state index contributed by atoms with van der Waals surface area (Å²) >= 11 is 0. The fraction of sp³-hybridized carbons (Fsp3) is 0.250. The first-order valence-electron chi connectivity index (χ1n) is 3.97. The molecule has 2 N–H and O–H groups in total. The molecular weight excluding hydrogens is 186 g/mol. The molecule has 1 amide bonds.